The van der Waals surface area contributed by atoms with Gasteiger partial charge in [-0.25, -0.2) is 8.78 Å². The number of rotatable bonds is 6. The van der Waals surface area contributed by atoms with Crippen molar-refractivity contribution in [3.63, 3.8) is 0 Å². The molecule has 21 heavy (non-hydrogen) atoms. The number of unbranched alkanes of at least 4 members (excludes halogenated alkanes) is 1. The number of piperidine rings is 1. The molecule has 2 unspecified atom stereocenters. The molecule has 0 aliphatic carbocycles. The van der Waals surface area contributed by atoms with E-state index in [0.717, 1.165) is 50.9 Å². The molecular formula is C16H24F2N2O. The largest absolute Gasteiger partial charge is 0.493 e. The average Bonchev–Trinajstić information content (AvgIpc) is 2.44. The Hall–Kier alpha value is -1.20. The van der Waals surface area contributed by atoms with Crippen LogP contribution >= 0.6 is 0 Å². The molecule has 1 aliphatic heterocycles. The van der Waals surface area contributed by atoms with Gasteiger partial charge in [-0.3, -0.25) is 0 Å². The summed E-state index contributed by atoms with van der Waals surface area (Å²) in [4.78, 5) is 2.46. The molecule has 0 saturated carbocycles. The monoisotopic (exact) mass is 298 g/mol. The Morgan fingerprint density at radius 1 is 1.29 bits per heavy atom. The second kappa shape index (κ2) is 7.71. The third kappa shape index (κ3) is 4.93. The number of likely N-dealkylation sites (tertiary alicyclic amines) is 1. The number of nitrogens with zero attached hydrogens (tertiary/aromatic N) is 1. The minimum absolute atomic E-state index is 0.341. The smallest absolute Gasteiger partial charge is 0.162 e. The second-order valence-corrected chi connectivity index (χ2v) is 5.80. The summed E-state index contributed by atoms with van der Waals surface area (Å²) in [5.74, 6) is -1.34. The highest BCUT2D eigenvalue weighted by Gasteiger charge is 2.22. The lowest BCUT2D eigenvalue weighted by Crippen LogP contribution is -2.45. The molecule has 1 heterocycles. The van der Waals surface area contributed by atoms with Gasteiger partial charge in [-0.05, 0) is 57.8 Å². The first-order valence-corrected chi connectivity index (χ1v) is 7.63. The quantitative estimate of drug-likeness (QED) is 0.821. The highest BCUT2D eigenvalue weighted by molar-refractivity contribution is 5.23. The molecule has 0 aromatic heterocycles. The van der Waals surface area contributed by atoms with Crippen molar-refractivity contribution < 1.29 is 13.5 Å². The molecular weight excluding hydrogens is 274 g/mol. The summed E-state index contributed by atoms with van der Waals surface area (Å²) in [6.07, 6.45) is 4.05. The molecule has 1 aromatic carbocycles. The molecule has 0 radical (unpaired) electrons. The fourth-order valence-corrected chi connectivity index (χ4v) is 2.76. The number of nitrogens with two attached hydrogens (primary N) is 1. The molecule has 1 aliphatic rings. The van der Waals surface area contributed by atoms with Crippen LogP contribution in [0.3, 0.4) is 0 Å². The standard InChI is InChI=1S/C16H24F2N2O/c1-12-10-13(19)6-8-20(12)7-2-3-9-21-14-4-5-15(17)16(18)11-14/h4-5,11-13H,2-3,6-10,19H2,1H3. The van der Waals surface area contributed by atoms with Crippen molar-refractivity contribution in [2.24, 2.45) is 5.73 Å². The Bertz CT molecular complexity index is 456. The average molecular weight is 298 g/mol. The maximum absolute atomic E-state index is 13.0. The summed E-state index contributed by atoms with van der Waals surface area (Å²) in [6, 6.07) is 4.51. The minimum Gasteiger partial charge on any atom is -0.493 e. The van der Waals surface area contributed by atoms with Gasteiger partial charge < -0.3 is 15.4 Å². The van der Waals surface area contributed by atoms with E-state index in [-0.39, 0.29) is 0 Å². The molecule has 2 N–H and O–H groups in total. The zero-order valence-corrected chi connectivity index (χ0v) is 12.5. The van der Waals surface area contributed by atoms with Crippen LogP contribution in [-0.2, 0) is 0 Å². The SMILES string of the molecule is CC1CC(N)CCN1CCCCOc1ccc(F)c(F)c1. The predicted molar refractivity (Wildman–Crippen MR) is 79.3 cm³/mol. The van der Waals surface area contributed by atoms with Crippen molar-refractivity contribution in [2.75, 3.05) is 19.7 Å². The molecule has 1 aromatic rings. The fourth-order valence-electron chi connectivity index (χ4n) is 2.76. The van der Waals surface area contributed by atoms with Crippen LogP contribution < -0.4 is 10.5 Å². The van der Waals surface area contributed by atoms with Gasteiger partial charge in [-0.15, -0.1) is 0 Å². The lowest BCUT2D eigenvalue weighted by Gasteiger charge is -2.36. The number of halogens is 2. The summed E-state index contributed by atoms with van der Waals surface area (Å²) in [5, 5.41) is 0. The van der Waals surface area contributed by atoms with Crippen LogP contribution in [0.2, 0.25) is 0 Å². The molecule has 2 rings (SSSR count). The summed E-state index contributed by atoms with van der Waals surface area (Å²) in [7, 11) is 0. The van der Waals surface area contributed by atoms with Gasteiger partial charge in [0.1, 0.15) is 5.75 Å². The Kier molecular flexibility index (Phi) is 5.94. The minimum atomic E-state index is -0.869. The van der Waals surface area contributed by atoms with E-state index in [2.05, 4.69) is 11.8 Å². The molecule has 2 atom stereocenters. The summed E-state index contributed by atoms with van der Waals surface area (Å²) >= 11 is 0. The van der Waals surface area contributed by atoms with E-state index in [1.165, 1.54) is 6.07 Å². The maximum Gasteiger partial charge on any atom is 0.162 e. The van der Waals surface area contributed by atoms with Crippen LogP contribution in [0, 0.1) is 11.6 Å². The Labute approximate surface area is 125 Å². The van der Waals surface area contributed by atoms with E-state index in [9.17, 15) is 8.78 Å². The van der Waals surface area contributed by atoms with Gasteiger partial charge in [-0.1, -0.05) is 0 Å². The van der Waals surface area contributed by atoms with Crippen LogP contribution in [0.1, 0.15) is 32.6 Å². The van der Waals surface area contributed by atoms with Gasteiger partial charge in [-0.2, -0.15) is 0 Å². The van der Waals surface area contributed by atoms with Gasteiger partial charge in [0.2, 0.25) is 0 Å². The van der Waals surface area contributed by atoms with Crippen molar-refractivity contribution in [2.45, 2.75) is 44.7 Å². The third-order valence-electron chi connectivity index (χ3n) is 4.05. The van der Waals surface area contributed by atoms with Gasteiger partial charge in [0.15, 0.2) is 11.6 Å². The van der Waals surface area contributed by atoms with Crippen LogP contribution in [0.15, 0.2) is 18.2 Å². The molecule has 0 spiro atoms. The van der Waals surface area contributed by atoms with Gasteiger partial charge in [0.05, 0.1) is 6.61 Å². The van der Waals surface area contributed by atoms with E-state index in [1.54, 1.807) is 0 Å². The van der Waals surface area contributed by atoms with Crippen molar-refractivity contribution in [1.82, 2.24) is 4.90 Å². The summed E-state index contributed by atoms with van der Waals surface area (Å²) in [5.41, 5.74) is 5.95. The van der Waals surface area contributed by atoms with Gasteiger partial charge in [0, 0.05) is 18.2 Å². The normalized spacial score (nSPS) is 23.2. The van der Waals surface area contributed by atoms with Gasteiger partial charge >= 0.3 is 0 Å². The van der Waals surface area contributed by atoms with E-state index in [0.29, 0.717) is 24.4 Å². The predicted octanol–water partition coefficient (Wildman–Crippen LogP) is 2.94. The summed E-state index contributed by atoms with van der Waals surface area (Å²) in [6.45, 7) is 4.84. The third-order valence-corrected chi connectivity index (χ3v) is 4.05. The number of benzene rings is 1. The molecule has 1 fully saturated rings. The van der Waals surface area contributed by atoms with Crippen LogP contribution in [0.5, 0.6) is 5.75 Å². The Morgan fingerprint density at radius 3 is 2.81 bits per heavy atom. The molecule has 0 amide bonds. The van der Waals surface area contributed by atoms with E-state index < -0.39 is 11.6 Å². The van der Waals surface area contributed by atoms with Crippen LogP contribution in [0.25, 0.3) is 0 Å². The first-order valence-electron chi connectivity index (χ1n) is 7.63. The first-order chi connectivity index (χ1) is 10.1. The lowest BCUT2D eigenvalue weighted by molar-refractivity contribution is 0.142. The number of hydrogen-bond acceptors (Lipinski definition) is 3. The molecule has 118 valence electrons. The van der Waals surface area contributed by atoms with Crippen LogP contribution in [-0.4, -0.2) is 36.7 Å². The number of ether oxygens (including phenoxy) is 1. The van der Waals surface area contributed by atoms with Crippen molar-refractivity contribution in [3.8, 4) is 5.75 Å². The highest BCUT2D eigenvalue weighted by Crippen LogP contribution is 2.17. The second-order valence-electron chi connectivity index (χ2n) is 5.80. The Balaban J connectivity index is 1.62. The zero-order chi connectivity index (χ0) is 15.2. The van der Waals surface area contributed by atoms with E-state index >= 15 is 0 Å². The molecule has 5 heteroatoms. The molecule has 1 saturated heterocycles. The van der Waals surface area contributed by atoms with E-state index in [4.69, 9.17) is 10.5 Å². The fraction of sp³-hybridized carbons (Fsp3) is 0.625. The summed E-state index contributed by atoms with van der Waals surface area (Å²) < 4.78 is 31.2. The van der Waals surface area contributed by atoms with Crippen molar-refractivity contribution in [1.29, 1.82) is 0 Å². The van der Waals surface area contributed by atoms with Crippen molar-refractivity contribution >= 4 is 0 Å². The topological polar surface area (TPSA) is 38.5 Å². The maximum atomic E-state index is 13.0. The highest BCUT2D eigenvalue weighted by atomic mass is 19.2. The zero-order valence-electron chi connectivity index (χ0n) is 12.5. The lowest BCUT2D eigenvalue weighted by atomic mass is 9.99. The van der Waals surface area contributed by atoms with Crippen LogP contribution in [0.4, 0.5) is 8.78 Å². The molecule has 3 nitrogen and oxygen atoms in total. The number of hydrogen-bond donors (Lipinski definition) is 1. The van der Waals surface area contributed by atoms with E-state index in [1.807, 2.05) is 0 Å². The Morgan fingerprint density at radius 2 is 2.10 bits per heavy atom. The van der Waals surface area contributed by atoms with Gasteiger partial charge in [0.25, 0.3) is 0 Å². The van der Waals surface area contributed by atoms with Crippen molar-refractivity contribution in [3.05, 3.63) is 29.8 Å². The first kappa shape index (κ1) is 16.2. The molecule has 0 bridgehead atoms.